The van der Waals surface area contributed by atoms with E-state index >= 15 is 0 Å². The summed E-state index contributed by atoms with van der Waals surface area (Å²) in [6.45, 7) is 2.31. The molecular formula is C16H19FN4OS. The van der Waals surface area contributed by atoms with E-state index in [1.807, 2.05) is 11.4 Å². The van der Waals surface area contributed by atoms with Crippen LogP contribution in [0.4, 0.5) is 4.39 Å². The monoisotopic (exact) mass is 334 g/mol. The SMILES string of the molecule is Cc1cc(C2CC(C(=O)NCCc3cscn3)NN2)ccc1F. The number of amides is 1. The fourth-order valence-corrected chi connectivity index (χ4v) is 3.22. The Morgan fingerprint density at radius 3 is 3.09 bits per heavy atom. The summed E-state index contributed by atoms with van der Waals surface area (Å²) in [4.78, 5) is 16.4. The van der Waals surface area contributed by atoms with Crippen LogP contribution in [0.15, 0.2) is 29.1 Å². The summed E-state index contributed by atoms with van der Waals surface area (Å²) in [6.07, 6.45) is 1.36. The maximum Gasteiger partial charge on any atom is 0.238 e. The Kier molecular flexibility index (Phi) is 5.00. The van der Waals surface area contributed by atoms with E-state index in [0.717, 1.165) is 17.7 Å². The molecule has 1 aliphatic rings. The van der Waals surface area contributed by atoms with E-state index in [2.05, 4.69) is 21.2 Å². The number of halogens is 1. The van der Waals surface area contributed by atoms with Gasteiger partial charge in [-0.25, -0.2) is 20.2 Å². The molecular weight excluding hydrogens is 315 g/mol. The molecule has 0 radical (unpaired) electrons. The number of thiazole rings is 1. The molecule has 0 bridgehead atoms. The van der Waals surface area contributed by atoms with Crippen molar-refractivity contribution < 1.29 is 9.18 Å². The van der Waals surface area contributed by atoms with Gasteiger partial charge in [-0.1, -0.05) is 12.1 Å². The van der Waals surface area contributed by atoms with Crippen molar-refractivity contribution in [3.63, 3.8) is 0 Å². The molecule has 2 aromatic rings. The van der Waals surface area contributed by atoms with Crippen molar-refractivity contribution in [2.75, 3.05) is 6.54 Å². The summed E-state index contributed by atoms with van der Waals surface area (Å²) in [6, 6.07) is 4.75. The standard InChI is InChI=1S/C16H19FN4OS/c1-10-6-11(2-3-13(10)17)14-7-15(21-20-14)16(22)18-5-4-12-8-23-9-19-12/h2-3,6,8-9,14-15,20-21H,4-5,7H2,1H3,(H,18,22). The van der Waals surface area contributed by atoms with Gasteiger partial charge in [0.25, 0.3) is 0 Å². The molecule has 23 heavy (non-hydrogen) atoms. The molecule has 1 aromatic carbocycles. The number of hydrogen-bond acceptors (Lipinski definition) is 5. The average molecular weight is 334 g/mol. The van der Waals surface area contributed by atoms with Gasteiger partial charge in [-0.2, -0.15) is 0 Å². The van der Waals surface area contributed by atoms with E-state index in [-0.39, 0.29) is 23.8 Å². The molecule has 7 heteroatoms. The first-order valence-corrected chi connectivity index (χ1v) is 8.49. The minimum Gasteiger partial charge on any atom is -0.354 e. The summed E-state index contributed by atoms with van der Waals surface area (Å²) < 4.78 is 13.3. The predicted octanol–water partition coefficient (Wildman–Crippen LogP) is 1.86. The lowest BCUT2D eigenvalue weighted by molar-refractivity contribution is -0.122. The molecule has 2 unspecified atom stereocenters. The highest BCUT2D eigenvalue weighted by Gasteiger charge is 2.30. The van der Waals surface area contributed by atoms with Gasteiger partial charge in [0, 0.05) is 24.4 Å². The van der Waals surface area contributed by atoms with Gasteiger partial charge in [0.1, 0.15) is 11.9 Å². The topological polar surface area (TPSA) is 66.0 Å². The third-order valence-electron chi connectivity index (χ3n) is 3.97. The number of benzene rings is 1. The van der Waals surface area contributed by atoms with E-state index < -0.39 is 0 Å². The van der Waals surface area contributed by atoms with Crippen LogP contribution in [0, 0.1) is 12.7 Å². The average Bonchev–Trinajstić information content (AvgIpc) is 3.21. The lowest BCUT2D eigenvalue weighted by Gasteiger charge is -2.11. The molecule has 5 nitrogen and oxygen atoms in total. The van der Waals surface area contributed by atoms with Crippen LogP contribution in [0.5, 0.6) is 0 Å². The number of rotatable bonds is 5. The lowest BCUT2D eigenvalue weighted by Crippen LogP contribution is -2.43. The Hall–Kier alpha value is -1.83. The van der Waals surface area contributed by atoms with Crippen molar-refractivity contribution >= 4 is 17.2 Å². The van der Waals surface area contributed by atoms with E-state index in [0.29, 0.717) is 18.5 Å². The fourth-order valence-electron chi connectivity index (χ4n) is 2.63. The number of carbonyl (C=O) groups is 1. The second kappa shape index (κ2) is 7.16. The Morgan fingerprint density at radius 2 is 2.35 bits per heavy atom. The number of aryl methyl sites for hydroxylation is 1. The number of aromatic nitrogens is 1. The molecule has 0 aliphatic carbocycles. The number of nitrogens with one attached hydrogen (secondary N) is 3. The van der Waals surface area contributed by atoms with Crippen LogP contribution in [0.2, 0.25) is 0 Å². The van der Waals surface area contributed by atoms with Crippen molar-refractivity contribution in [3.8, 4) is 0 Å². The molecule has 0 spiro atoms. The van der Waals surface area contributed by atoms with Crippen LogP contribution in [-0.4, -0.2) is 23.5 Å². The van der Waals surface area contributed by atoms with E-state index in [9.17, 15) is 9.18 Å². The Balaban J connectivity index is 1.50. The van der Waals surface area contributed by atoms with Gasteiger partial charge in [0.2, 0.25) is 5.91 Å². The minimum absolute atomic E-state index is 0.00332. The van der Waals surface area contributed by atoms with Gasteiger partial charge >= 0.3 is 0 Å². The van der Waals surface area contributed by atoms with Crippen LogP contribution in [0.1, 0.15) is 29.3 Å². The summed E-state index contributed by atoms with van der Waals surface area (Å²) >= 11 is 1.55. The molecule has 1 fully saturated rings. The minimum atomic E-state index is -0.291. The molecule has 1 aliphatic heterocycles. The van der Waals surface area contributed by atoms with Crippen molar-refractivity contribution in [2.45, 2.75) is 31.8 Å². The van der Waals surface area contributed by atoms with Gasteiger partial charge in [-0.05, 0) is 30.5 Å². The smallest absolute Gasteiger partial charge is 0.238 e. The number of hydrazine groups is 1. The van der Waals surface area contributed by atoms with Crippen LogP contribution in [-0.2, 0) is 11.2 Å². The third kappa shape index (κ3) is 3.93. The van der Waals surface area contributed by atoms with Crippen molar-refractivity contribution in [1.29, 1.82) is 0 Å². The molecule has 1 amide bonds. The molecule has 3 rings (SSSR count). The maximum atomic E-state index is 13.3. The Morgan fingerprint density at radius 1 is 1.48 bits per heavy atom. The van der Waals surface area contributed by atoms with E-state index in [4.69, 9.17) is 0 Å². The van der Waals surface area contributed by atoms with E-state index in [1.54, 1.807) is 29.8 Å². The largest absolute Gasteiger partial charge is 0.354 e. The van der Waals surface area contributed by atoms with E-state index in [1.165, 1.54) is 6.07 Å². The summed E-state index contributed by atoms with van der Waals surface area (Å²) in [5, 5.41) is 4.90. The van der Waals surface area contributed by atoms with Gasteiger partial charge in [0.15, 0.2) is 0 Å². The first-order chi connectivity index (χ1) is 11.1. The molecule has 1 saturated heterocycles. The fraction of sp³-hybridized carbons (Fsp3) is 0.375. The highest BCUT2D eigenvalue weighted by molar-refractivity contribution is 7.07. The first-order valence-electron chi connectivity index (χ1n) is 7.55. The number of hydrogen-bond donors (Lipinski definition) is 3. The first kappa shape index (κ1) is 16.0. The Bertz CT molecular complexity index is 677. The Labute approximate surface area is 138 Å². The lowest BCUT2D eigenvalue weighted by atomic mass is 10.00. The molecule has 0 saturated carbocycles. The summed E-state index contributed by atoms with van der Waals surface area (Å²) in [5.74, 6) is -0.245. The van der Waals surface area contributed by atoms with Gasteiger partial charge in [-0.3, -0.25) is 4.79 Å². The quantitative estimate of drug-likeness (QED) is 0.781. The van der Waals surface area contributed by atoms with Crippen LogP contribution in [0.25, 0.3) is 0 Å². The van der Waals surface area contributed by atoms with Crippen LogP contribution < -0.4 is 16.2 Å². The van der Waals surface area contributed by atoms with Crippen molar-refractivity contribution in [2.24, 2.45) is 0 Å². The predicted molar refractivity (Wildman–Crippen MR) is 87.4 cm³/mol. The zero-order valence-electron chi connectivity index (χ0n) is 12.8. The molecule has 3 N–H and O–H groups in total. The third-order valence-corrected chi connectivity index (χ3v) is 4.60. The van der Waals surface area contributed by atoms with Crippen LogP contribution >= 0.6 is 11.3 Å². The molecule has 1 aromatic heterocycles. The molecule has 2 heterocycles. The van der Waals surface area contributed by atoms with Crippen molar-refractivity contribution in [1.82, 2.24) is 21.2 Å². The molecule has 2 atom stereocenters. The van der Waals surface area contributed by atoms with Gasteiger partial charge < -0.3 is 5.32 Å². The zero-order valence-corrected chi connectivity index (χ0v) is 13.6. The summed E-state index contributed by atoms with van der Waals surface area (Å²) in [7, 11) is 0. The highest BCUT2D eigenvalue weighted by Crippen LogP contribution is 2.24. The summed E-state index contributed by atoms with van der Waals surface area (Å²) in [5.41, 5.74) is 10.5. The second-order valence-electron chi connectivity index (χ2n) is 5.66. The van der Waals surface area contributed by atoms with Crippen molar-refractivity contribution in [3.05, 3.63) is 51.7 Å². The van der Waals surface area contributed by atoms with Crippen LogP contribution in [0.3, 0.4) is 0 Å². The second-order valence-corrected chi connectivity index (χ2v) is 6.38. The zero-order chi connectivity index (χ0) is 16.2. The van der Waals surface area contributed by atoms with Gasteiger partial charge in [-0.15, -0.1) is 11.3 Å². The normalized spacial score (nSPS) is 20.6. The number of nitrogens with zero attached hydrogens (tertiary/aromatic N) is 1. The molecule has 122 valence electrons. The van der Waals surface area contributed by atoms with Gasteiger partial charge in [0.05, 0.1) is 11.2 Å². The maximum absolute atomic E-state index is 13.3. The number of carbonyl (C=O) groups excluding carboxylic acids is 1. The highest BCUT2D eigenvalue weighted by atomic mass is 32.1.